The average Bonchev–Trinajstić information content (AvgIpc) is 3.06. The molecular weight excluding hydrogens is 324 g/mol. The predicted molar refractivity (Wildman–Crippen MR) is 92.8 cm³/mol. The molecule has 1 aromatic carbocycles. The molecule has 0 bridgehead atoms. The molecule has 1 unspecified atom stereocenters. The van der Waals surface area contributed by atoms with Gasteiger partial charge in [0.25, 0.3) is 11.8 Å². The molecule has 0 saturated carbocycles. The molecule has 0 aliphatic carbocycles. The fourth-order valence-corrected chi connectivity index (χ4v) is 2.63. The number of hydrogen-bond acceptors (Lipinski definition) is 5. The molecule has 0 spiro atoms. The largest absolute Gasteiger partial charge is 0.493 e. The normalized spacial score (nSPS) is 17.0. The number of ether oxygens (including phenoxy) is 3. The number of nitrogens with zero attached hydrogens (tertiary/aromatic N) is 1. The van der Waals surface area contributed by atoms with Gasteiger partial charge < -0.3 is 24.8 Å². The molecule has 7 heteroatoms. The first-order chi connectivity index (χ1) is 11.9. The third-order valence-electron chi connectivity index (χ3n) is 3.88. The maximum Gasteiger partial charge on any atom is 0.255 e. The van der Waals surface area contributed by atoms with Crippen LogP contribution in [0.25, 0.3) is 0 Å². The fraction of sp³-hybridized carbons (Fsp3) is 0.556. The van der Waals surface area contributed by atoms with E-state index < -0.39 is 5.91 Å². The third-order valence-corrected chi connectivity index (χ3v) is 3.88. The van der Waals surface area contributed by atoms with Gasteiger partial charge in [0.1, 0.15) is 0 Å². The van der Waals surface area contributed by atoms with Gasteiger partial charge >= 0.3 is 0 Å². The Morgan fingerprint density at radius 1 is 1.32 bits per heavy atom. The first-order valence-corrected chi connectivity index (χ1v) is 8.40. The molecule has 1 aliphatic heterocycles. The van der Waals surface area contributed by atoms with Gasteiger partial charge in [-0.3, -0.25) is 9.59 Å². The highest BCUT2D eigenvalue weighted by atomic mass is 16.5. The number of nitrogens with two attached hydrogens (primary N) is 1. The van der Waals surface area contributed by atoms with E-state index in [1.165, 1.54) is 7.11 Å². The molecule has 7 nitrogen and oxygen atoms in total. The van der Waals surface area contributed by atoms with Crippen LogP contribution < -0.4 is 15.2 Å². The van der Waals surface area contributed by atoms with Gasteiger partial charge in [-0.2, -0.15) is 0 Å². The van der Waals surface area contributed by atoms with Crippen molar-refractivity contribution in [3.8, 4) is 11.5 Å². The second-order valence-corrected chi connectivity index (χ2v) is 6.51. The van der Waals surface area contributed by atoms with Crippen LogP contribution in [0.1, 0.15) is 30.6 Å². The number of primary amides is 1. The van der Waals surface area contributed by atoms with E-state index in [2.05, 4.69) is 13.8 Å². The summed E-state index contributed by atoms with van der Waals surface area (Å²) in [6.45, 7) is 5.92. The van der Waals surface area contributed by atoms with E-state index in [0.29, 0.717) is 42.7 Å². The van der Waals surface area contributed by atoms with Crippen LogP contribution in [0.2, 0.25) is 0 Å². The minimum Gasteiger partial charge on any atom is -0.493 e. The number of hydrogen-bond donors (Lipinski definition) is 1. The van der Waals surface area contributed by atoms with Gasteiger partial charge in [0.05, 0.1) is 13.2 Å². The first kappa shape index (κ1) is 19.1. The van der Waals surface area contributed by atoms with E-state index in [1.807, 2.05) is 0 Å². The molecule has 1 atom stereocenters. The van der Waals surface area contributed by atoms with Gasteiger partial charge in [0, 0.05) is 25.3 Å². The summed E-state index contributed by atoms with van der Waals surface area (Å²) in [7, 11) is 1.48. The SMILES string of the molecule is COc1cc(C(=O)N2CCC(OCC(C)C)C2)ccc1OCC(N)=O. The van der Waals surface area contributed by atoms with Crippen molar-refractivity contribution in [1.29, 1.82) is 0 Å². The number of benzene rings is 1. The third kappa shape index (κ3) is 5.35. The van der Waals surface area contributed by atoms with Crippen LogP contribution in [0.3, 0.4) is 0 Å². The van der Waals surface area contributed by atoms with Crippen molar-refractivity contribution in [3.05, 3.63) is 23.8 Å². The molecular formula is C18H26N2O5. The van der Waals surface area contributed by atoms with Gasteiger partial charge in [-0.1, -0.05) is 13.8 Å². The molecule has 2 rings (SSSR count). The molecule has 2 N–H and O–H groups in total. The smallest absolute Gasteiger partial charge is 0.255 e. The molecule has 1 fully saturated rings. The topological polar surface area (TPSA) is 91.1 Å². The molecule has 1 aliphatic rings. The van der Waals surface area contributed by atoms with Crippen LogP contribution >= 0.6 is 0 Å². The molecule has 0 radical (unpaired) electrons. The van der Waals surface area contributed by atoms with Crippen LogP contribution in [-0.4, -0.2) is 56.2 Å². The van der Waals surface area contributed by atoms with E-state index in [-0.39, 0.29) is 18.6 Å². The maximum absolute atomic E-state index is 12.7. The average molecular weight is 350 g/mol. The van der Waals surface area contributed by atoms with Crippen molar-refractivity contribution >= 4 is 11.8 Å². The Labute approximate surface area is 148 Å². The van der Waals surface area contributed by atoms with Crippen molar-refractivity contribution in [1.82, 2.24) is 4.90 Å². The lowest BCUT2D eigenvalue weighted by molar-refractivity contribution is -0.119. The second-order valence-electron chi connectivity index (χ2n) is 6.51. The van der Waals surface area contributed by atoms with E-state index >= 15 is 0 Å². The Morgan fingerprint density at radius 2 is 2.08 bits per heavy atom. The monoisotopic (exact) mass is 350 g/mol. The van der Waals surface area contributed by atoms with Crippen molar-refractivity contribution in [2.45, 2.75) is 26.4 Å². The first-order valence-electron chi connectivity index (χ1n) is 8.40. The Hall–Kier alpha value is -2.28. The highest BCUT2D eigenvalue weighted by Gasteiger charge is 2.28. The summed E-state index contributed by atoms with van der Waals surface area (Å²) < 4.78 is 16.3. The fourth-order valence-electron chi connectivity index (χ4n) is 2.63. The van der Waals surface area contributed by atoms with E-state index in [9.17, 15) is 9.59 Å². The number of likely N-dealkylation sites (tertiary alicyclic amines) is 1. The summed E-state index contributed by atoms with van der Waals surface area (Å²) in [6.07, 6.45) is 0.932. The van der Waals surface area contributed by atoms with Crippen LogP contribution in [0, 0.1) is 5.92 Å². The van der Waals surface area contributed by atoms with E-state index in [1.54, 1.807) is 23.1 Å². The Balaban J connectivity index is 2.01. The quantitative estimate of drug-likeness (QED) is 0.766. The number of methoxy groups -OCH3 is 1. The van der Waals surface area contributed by atoms with Crippen molar-refractivity contribution in [2.75, 3.05) is 33.4 Å². The molecule has 1 aromatic rings. The zero-order chi connectivity index (χ0) is 18.4. The van der Waals surface area contributed by atoms with Gasteiger partial charge in [0.2, 0.25) is 0 Å². The maximum atomic E-state index is 12.7. The lowest BCUT2D eigenvalue weighted by atomic mass is 10.1. The minimum atomic E-state index is -0.577. The summed E-state index contributed by atoms with van der Waals surface area (Å²) in [5, 5.41) is 0. The van der Waals surface area contributed by atoms with Crippen LogP contribution in [0.5, 0.6) is 11.5 Å². The molecule has 0 aromatic heterocycles. The minimum absolute atomic E-state index is 0.0737. The number of rotatable bonds is 8. The van der Waals surface area contributed by atoms with Gasteiger partial charge in [-0.05, 0) is 30.5 Å². The van der Waals surface area contributed by atoms with E-state index in [0.717, 1.165) is 6.42 Å². The van der Waals surface area contributed by atoms with Crippen molar-refractivity contribution < 1.29 is 23.8 Å². The zero-order valence-electron chi connectivity index (χ0n) is 15.0. The second kappa shape index (κ2) is 8.71. The van der Waals surface area contributed by atoms with Crippen molar-refractivity contribution in [2.24, 2.45) is 11.7 Å². The molecule has 2 amide bonds. The molecule has 25 heavy (non-hydrogen) atoms. The number of amides is 2. The van der Waals surface area contributed by atoms with Crippen LogP contribution in [0.15, 0.2) is 18.2 Å². The van der Waals surface area contributed by atoms with Gasteiger partial charge in [-0.25, -0.2) is 0 Å². The summed E-state index contributed by atoms with van der Waals surface area (Å²) in [4.78, 5) is 25.3. The standard InChI is InChI=1S/C18H26N2O5/c1-12(2)10-24-14-6-7-20(9-14)18(22)13-4-5-15(16(8-13)23-3)25-11-17(19)21/h4-5,8,12,14H,6-7,9-11H2,1-3H3,(H2,19,21). The lowest BCUT2D eigenvalue weighted by Gasteiger charge is -2.18. The molecule has 138 valence electrons. The van der Waals surface area contributed by atoms with Gasteiger partial charge in [-0.15, -0.1) is 0 Å². The summed E-state index contributed by atoms with van der Waals surface area (Å²) in [5.41, 5.74) is 5.58. The number of carbonyl (C=O) groups is 2. The summed E-state index contributed by atoms with van der Waals surface area (Å²) in [5.74, 6) is 0.584. The Bertz CT molecular complexity index is 617. The Kier molecular flexibility index (Phi) is 6.64. The summed E-state index contributed by atoms with van der Waals surface area (Å²) in [6, 6.07) is 4.88. The predicted octanol–water partition coefficient (Wildman–Crippen LogP) is 1.45. The molecule has 1 heterocycles. The highest BCUT2D eigenvalue weighted by Crippen LogP contribution is 2.29. The highest BCUT2D eigenvalue weighted by molar-refractivity contribution is 5.95. The lowest BCUT2D eigenvalue weighted by Crippen LogP contribution is -2.30. The number of carbonyl (C=O) groups excluding carboxylic acids is 2. The van der Waals surface area contributed by atoms with Crippen LogP contribution in [0.4, 0.5) is 0 Å². The zero-order valence-corrected chi connectivity index (χ0v) is 15.0. The summed E-state index contributed by atoms with van der Waals surface area (Å²) >= 11 is 0. The van der Waals surface area contributed by atoms with E-state index in [4.69, 9.17) is 19.9 Å². The van der Waals surface area contributed by atoms with Gasteiger partial charge in [0.15, 0.2) is 18.1 Å². The van der Waals surface area contributed by atoms with Crippen molar-refractivity contribution in [3.63, 3.8) is 0 Å². The molecule has 1 saturated heterocycles. The Morgan fingerprint density at radius 3 is 2.72 bits per heavy atom. The van der Waals surface area contributed by atoms with Crippen LogP contribution in [-0.2, 0) is 9.53 Å².